The molecule has 4 rings (SSSR count). The zero-order valence-corrected chi connectivity index (χ0v) is 18.0. The van der Waals surface area contributed by atoms with Gasteiger partial charge in [0, 0.05) is 25.4 Å². The van der Waals surface area contributed by atoms with Gasteiger partial charge in [-0.2, -0.15) is 0 Å². The molecule has 1 amide bonds. The van der Waals surface area contributed by atoms with Crippen LogP contribution in [0, 0.1) is 0 Å². The van der Waals surface area contributed by atoms with Gasteiger partial charge >= 0.3 is 0 Å². The number of thiophene rings is 1. The molecule has 0 aliphatic carbocycles. The number of rotatable bonds is 8. The van der Waals surface area contributed by atoms with E-state index < -0.39 is 0 Å². The second kappa shape index (κ2) is 8.79. The van der Waals surface area contributed by atoms with E-state index in [1.807, 2.05) is 47.9 Å². The van der Waals surface area contributed by atoms with Crippen LogP contribution in [0.5, 0.6) is 0 Å². The molecule has 0 saturated carbocycles. The van der Waals surface area contributed by atoms with E-state index in [9.17, 15) is 9.59 Å². The summed E-state index contributed by atoms with van der Waals surface area (Å²) in [6.45, 7) is 4.47. The first-order valence-corrected chi connectivity index (χ1v) is 11.1. The Kier molecular flexibility index (Phi) is 5.94. The molecule has 1 aromatic carbocycles. The number of carbonyl (C=O) groups is 1. The van der Waals surface area contributed by atoms with Gasteiger partial charge in [-0.3, -0.25) is 18.6 Å². The van der Waals surface area contributed by atoms with Gasteiger partial charge in [0.2, 0.25) is 11.7 Å². The number of aromatic nitrogens is 4. The van der Waals surface area contributed by atoms with Crippen LogP contribution in [0.2, 0.25) is 0 Å². The Labute approximate surface area is 178 Å². The zero-order chi connectivity index (χ0) is 21.1. The van der Waals surface area contributed by atoms with E-state index in [1.165, 1.54) is 16.9 Å². The van der Waals surface area contributed by atoms with Crippen molar-refractivity contribution in [3.05, 3.63) is 63.5 Å². The minimum atomic E-state index is -0.0427. The van der Waals surface area contributed by atoms with Crippen molar-refractivity contribution >= 4 is 33.2 Å². The van der Waals surface area contributed by atoms with Gasteiger partial charge in [-0.25, -0.2) is 0 Å². The molecular formula is C22H25N5O2S. The SMILES string of the molecule is CCn1c(=O)c2sccc2n2c(CCC(=O)NC(C)CCc3ccccc3)nnc12. The lowest BCUT2D eigenvalue weighted by Crippen LogP contribution is -2.33. The summed E-state index contributed by atoms with van der Waals surface area (Å²) in [4.78, 5) is 25.1. The van der Waals surface area contributed by atoms with Crippen molar-refractivity contribution in [1.82, 2.24) is 24.5 Å². The maximum Gasteiger partial charge on any atom is 0.272 e. The van der Waals surface area contributed by atoms with Gasteiger partial charge < -0.3 is 5.32 Å². The smallest absolute Gasteiger partial charge is 0.272 e. The highest BCUT2D eigenvalue weighted by atomic mass is 32.1. The minimum Gasteiger partial charge on any atom is -0.354 e. The number of amides is 1. The monoisotopic (exact) mass is 423 g/mol. The molecule has 8 heteroatoms. The number of nitrogens with zero attached hydrogens (tertiary/aromatic N) is 4. The van der Waals surface area contributed by atoms with E-state index in [0.717, 1.165) is 18.4 Å². The summed E-state index contributed by atoms with van der Waals surface area (Å²) >= 11 is 1.42. The molecule has 1 unspecified atom stereocenters. The van der Waals surface area contributed by atoms with Crippen LogP contribution in [0.4, 0.5) is 0 Å². The molecule has 4 aromatic rings. The molecule has 3 aromatic heterocycles. The Morgan fingerprint density at radius 2 is 1.97 bits per heavy atom. The van der Waals surface area contributed by atoms with E-state index in [-0.39, 0.29) is 17.5 Å². The molecule has 1 atom stereocenters. The predicted octanol–water partition coefficient (Wildman–Crippen LogP) is 3.20. The number of fused-ring (bicyclic) bond motifs is 3. The zero-order valence-electron chi connectivity index (χ0n) is 17.2. The van der Waals surface area contributed by atoms with Crippen molar-refractivity contribution < 1.29 is 4.79 Å². The number of benzene rings is 1. The van der Waals surface area contributed by atoms with E-state index in [1.54, 1.807) is 4.57 Å². The van der Waals surface area contributed by atoms with Crippen LogP contribution < -0.4 is 10.9 Å². The lowest BCUT2D eigenvalue weighted by atomic mass is 10.1. The van der Waals surface area contributed by atoms with Gasteiger partial charge in [0.05, 0.1) is 5.52 Å². The highest BCUT2D eigenvalue weighted by Crippen LogP contribution is 2.20. The summed E-state index contributed by atoms with van der Waals surface area (Å²) in [7, 11) is 0. The number of hydrogen-bond acceptors (Lipinski definition) is 5. The first kappa shape index (κ1) is 20.3. The Bertz CT molecular complexity index is 1230. The molecule has 30 heavy (non-hydrogen) atoms. The second-order valence-electron chi connectivity index (χ2n) is 7.43. The van der Waals surface area contributed by atoms with Gasteiger partial charge in [-0.15, -0.1) is 21.5 Å². The first-order valence-electron chi connectivity index (χ1n) is 10.3. The van der Waals surface area contributed by atoms with E-state index in [4.69, 9.17) is 0 Å². The van der Waals surface area contributed by atoms with Gasteiger partial charge in [0.1, 0.15) is 10.5 Å². The lowest BCUT2D eigenvalue weighted by molar-refractivity contribution is -0.121. The normalized spacial score (nSPS) is 12.5. The molecule has 0 aliphatic heterocycles. The van der Waals surface area contributed by atoms with Crippen LogP contribution in [0.1, 0.15) is 38.1 Å². The fourth-order valence-corrected chi connectivity index (χ4v) is 4.52. The molecule has 156 valence electrons. The van der Waals surface area contributed by atoms with Gasteiger partial charge in [-0.1, -0.05) is 30.3 Å². The summed E-state index contributed by atoms with van der Waals surface area (Å²) in [5, 5.41) is 13.5. The fraction of sp³-hybridized carbons (Fsp3) is 0.364. The first-order chi connectivity index (χ1) is 14.6. The summed E-state index contributed by atoms with van der Waals surface area (Å²) in [6, 6.07) is 12.3. The molecule has 3 heterocycles. The topological polar surface area (TPSA) is 81.3 Å². The molecule has 0 fully saturated rings. The van der Waals surface area contributed by atoms with Crippen molar-refractivity contribution in [3.8, 4) is 0 Å². The Balaban J connectivity index is 1.43. The van der Waals surface area contributed by atoms with Gasteiger partial charge in [0.15, 0.2) is 0 Å². The molecule has 0 spiro atoms. The average molecular weight is 424 g/mol. The van der Waals surface area contributed by atoms with E-state index in [0.29, 0.717) is 35.7 Å². The van der Waals surface area contributed by atoms with Gasteiger partial charge in [-0.05, 0) is 43.7 Å². The van der Waals surface area contributed by atoms with Crippen LogP contribution in [-0.4, -0.2) is 31.1 Å². The molecule has 7 nitrogen and oxygen atoms in total. The molecule has 0 bridgehead atoms. The van der Waals surface area contributed by atoms with Crippen molar-refractivity contribution in [2.45, 2.75) is 52.1 Å². The molecule has 1 N–H and O–H groups in total. The maximum absolute atomic E-state index is 12.6. The summed E-state index contributed by atoms with van der Waals surface area (Å²) < 4.78 is 4.22. The van der Waals surface area contributed by atoms with E-state index in [2.05, 4.69) is 27.6 Å². The molecular weight excluding hydrogens is 398 g/mol. The maximum atomic E-state index is 12.6. The Morgan fingerprint density at radius 1 is 1.17 bits per heavy atom. The van der Waals surface area contributed by atoms with Gasteiger partial charge in [0.25, 0.3) is 5.56 Å². The van der Waals surface area contributed by atoms with Crippen LogP contribution in [0.15, 0.2) is 46.6 Å². The number of nitrogens with one attached hydrogen (secondary N) is 1. The van der Waals surface area contributed by atoms with Crippen LogP contribution >= 0.6 is 11.3 Å². The third-order valence-corrected chi connectivity index (χ3v) is 6.18. The van der Waals surface area contributed by atoms with Crippen LogP contribution in [0.25, 0.3) is 16.0 Å². The van der Waals surface area contributed by atoms with Crippen molar-refractivity contribution in [2.24, 2.45) is 0 Å². The third kappa shape index (κ3) is 4.00. The number of hydrogen-bond donors (Lipinski definition) is 1. The number of carbonyl (C=O) groups excluding carboxylic acids is 1. The van der Waals surface area contributed by atoms with Crippen molar-refractivity contribution in [3.63, 3.8) is 0 Å². The highest BCUT2D eigenvalue weighted by molar-refractivity contribution is 7.17. The second-order valence-corrected chi connectivity index (χ2v) is 8.34. The lowest BCUT2D eigenvalue weighted by Gasteiger charge is -2.14. The third-order valence-electron chi connectivity index (χ3n) is 5.29. The van der Waals surface area contributed by atoms with Crippen LogP contribution in [-0.2, 0) is 24.2 Å². The standard InChI is InChI=1S/C22H25N5O2S/c1-3-26-21(29)20-17(13-14-30-20)27-18(24-25-22(26)27)11-12-19(28)23-15(2)9-10-16-7-5-4-6-8-16/h4-8,13-15H,3,9-12H2,1-2H3,(H,23,28). The predicted molar refractivity (Wildman–Crippen MR) is 119 cm³/mol. The van der Waals surface area contributed by atoms with Crippen molar-refractivity contribution in [2.75, 3.05) is 0 Å². The molecule has 0 aliphatic rings. The summed E-state index contributed by atoms with van der Waals surface area (Å²) in [5.74, 6) is 1.22. The Morgan fingerprint density at radius 3 is 2.73 bits per heavy atom. The van der Waals surface area contributed by atoms with Crippen LogP contribution in [0.3, 0.4) is 0 Å². The fourth-order valence-electron chi connectivity index (χ4n) is 3.70. The van der Waals surface area contributed by atoms with E-state index >= 15 is 0 Å². The Hall–Kier alpha value is -3.00. The minimum absolute atomic E-state index is 0.00214. The van der Waals surface area contributed by atoms with Crippen molar-refractivity contribution in [1.29, 1.82) is 0 Å². The molecule has 0 saturated heterocycles. The summed E-state index contributed by atoms with van der Waals surface area (Å²) in [5.41, 5.74) is 2.04. The molecule has 0 radical (unpaired) electrons. The average Bonchev–Trinajstić information content (AvgIpc) is 3.39. The largest absolute Gasteiger partial charge is 0.354 e. The summed E-state index contributed by atoms with van der Waals surface area (Å²) in [6.07, 6.45) is 2.61. The number of aryl methyl sites for hydroxylation is 3. The highest BCUT2D eigenvalue weighted by Gasteiger charge is 2.17. The quantitative estimate of drug-likeness (QED) is 0.472.